The molecule has 3 N–H and O–H groups in total. The van der Waals surface area contributed by atoms with Gasteiger partial charge in [0.05, 0.1) is 19.3 Å². The predicted molar refractivity (Wildman–Crippen MR) is 91.7 cm³/mol. The van der Waals surface area contributed by atoms with Crippen LogP contribution in [0.2, 0.25) is 0 Å². The molecule has 2 aromatic carbocycles. The first-order valence-corrected chi connectivity index (χ1v) is 8.09. The van der Waals surface area contributed by atoms with Crippen LogP contribution >= 0.6 is 0 Å². The Morgan fingerprint density at radius 3 is 2.58 bits per heavy atom. The van der Waals surface area contributed by atoms with Crippen LogP contribution < -0.4 is 10.1 Å². The minimum Gasteiger partial charge on any atom is -0.504 e. The summed E-state index contributed by atoms with van der Waals surface area (Å²) in [5.74, 6) is 0.711. The molecular formula is C19H23NO4. The molecule has 2 unspecified atom stereocenters. The van der Waals surface area contributed by atoms with E-state index in [0.29, 0.717) is 13.0 Å². The van der Waals surface area contributed by atoms with Crippen molar-refractivity contribution in [1.29, 1.82) is 0 Å². The van der Waals surface area contributed by atoms with Crippen molar-refractivity contribution in [3.8, 4) is 17.2 Å². The highest BCUT2D eigenvalue weighted by atomic mass is 16.5. The third-order valence-electron chi connectivity index (χ3n) is 4.45. The molecule has 0 spiro atoms. The fourth-order valence-corrected chi connectivity index (χ4v) is 3.23. The van der Waals surface area contributed by atoms with E-state index in [9.17, 15) is 10.2 Å². The molecular weight excluding hydrogens is 306 g/mol. The van der Waals surface area contributed by atoms with Crippen LogP contribution in [0.4, 0.5) is 0 Å². The summed E-state index contributed by atoms with van der Waals surface area (Å²) in [6.45, 7) is 0.649. The number of hydrogen-bond acceptors (Lipinski definition) is 5. The van der Waals surface area contributed by atoms with E-state index in [1.807, 2.05) is 37.4 Å². The second-order valence-corrected chi connectivity index (χ2v) is 6.06. The molecule has 0 radical (unpaired) electrons. The first-order valence-electron chi connectivity index (χ1n) is 8.09. The van der Waals surface area contributed by atoms with Gasteiger partial charge in [-0.1, -0.05) is 18.2 Å². The summed E-state index contributed by atoms with van der Waals surface area (Å²) < 4.78 is 11.4. The molecule has 0 aliphatic carbocycles. The van der Waals surface area contributed by atoms with E-state index < -0.39 is 0 Å². The summed E-state index contributed by atoms with van der Waals surface area (Å²) in [5.41, 5.74) is 2.86. The Morgan fingerprint density at radius 1 is 1.17 bits per heavy atom. The first-order chi connectivity index (χ1) is 11.6. The van der Waals surface area contributed by atoms with Gasteiger partial charge in [-0.3, -0.25) is 0 Å². The summed E-state index contributed by atoms with van der Waals surface area (Å²) in [5, 5.41) is 23.2. The van der Waals surface area contributed by atoms with E-state index in [4.69, 9.17) is 9.47 Å². The Morgan fingerprint density at radius 2 is 1.92 bits per heavy atom. The molecule has 0 amide bonds. The normalized spacial score (nSPS) is 19.8. The predicted octanol–water partition coefficient (Wildman–Crippen LogP) is 2.55. The van der Waals surface area contributed by atoms with Crippen LogP contribution in [0.15, 0.2) is 36.4 Å². The minimum absolute atomic E-state index is 0.0309. The highest BCUT2D eigenvalue weighted by Crippen LogP contribution is 2.40. The number of likely N-dealkylation sites (N-methyl/N-ethyl adjacent to an activating group) is 1. The zero-order valence-corrected chi connectivity index (χ0v) is 14.0. The molecule has 5 heteroatoms. The maximum atomic E-state index is 10.2. The lowest BCUT2D eigenvalue weighted by atomic mass is 9.90. The molecule has 0 fully saturated rings. The number of benzene rings is 2. The topological polar surface area (TPSA) is 71.0 Å². The van der Waals surface area contributed by atoms with Gasteiger partial charge in [-0.15, -0.1) is 0 Å². The number of aromatic hydroxyl groups is 2. The van der Waals surface area contributed by atoms with Crippen LogP contribution in [0.25, 0.3) is 0 Å². The van der Waals surface area contributed by atoms with Gasteiger partial charge in [0, 0.05) is 18.5 Å². The van der Waals surface area contributed by atoms with Gasteiger partial charge in [0.2, 0.25) is 0 Å². The number of hydrogen-bond donors (Lipinski definition) is 3. The molecule has 5 nitrogen and oxygen atoms in total. The van der Waals surface area contributed by atoms with Crippen molar-refractivity contribution in [3.63, 3.8) is 0 Å². The van der Waals surface area contributed by atoms with E-state index in [0.717, 1.165) is 28.9 Å². The van der Waals surface area contributed by atoms with E-state index in [-0.39, 0.29) is 23.7 Å². The van der Waals surface area contributed by atoms with Crippen LogP contribution in [0.5, 0.6) is 17.2 Å². The lowest BCUT2D eigenvalue weighted by Crippen LogP contribution is -2.32. The largest absolute Gasteiger partial charge is 0.504 e. The van der Waals surface area contributed by atoms with E-state index in [1.165, 1.54) is 6.07 Å². The molecule has 0 saturated heterocycles. The van der Waals surface area contributed by atoms with Crippen molar-refractivity contribution < 1.29 is 19.7 Å². The molecule has 2 aromatic rings. The summed E-state index contributed by atoms with van der Waals surface area (Å²) in [4.78, 5) is 0. The summed E-state index contributed by atoms with van der Waals surface area (Å²) in [7, 11) is 3.52. The Bertz CT molecular complexity index is 699. The Hall–Kier alpha value is -2.24. The van der Waals surface area contributed by atoms with Crippen molar-refractivity contribution in [1.82, 2.24) is 5.32 Å². The maximum absolute atomic E-state index is 10.2. The molecule has 0 aromatic heterocycles. The SMILES string of the molecule is CNCC1OC(Cc2ccc(OC)cc2)Cc2c1ccc(O)c2O. The Kier molecular flexibility index (Phi) is 4.92. The van der Waals surface area contributed by atoms with Crippen molar-refractivity contribution >= 4 is 0 Å². The van der Waals surface area contributed by atoms with Crippen LogP contribution in [0.3, 0.4) is 0 Å². The highest BCUT2D eigenvalue weighted by molar-refractivity contribution is 5.51. The molecule has 128 valence electrons. The smallest absolute Gasteiger partial charge is 0.161 e. The van der Waals surface area contributed by atoms with Crippen molar-refractivity contribution in [3.05, 3.63) is 53.1 Å². The van der Waals surface area contributed by atoms with Gasteiger partial charge in [0.25, 0.3) is 0 Å². The second kappa shape index (κ2) is 7.11. The minimum atomic E-state index is -0.145. The molecule has 3 rings (SSSR count). The van der Waals surface area contributed by atoms with Gasteiger partial charge >= 0.3 is 0 Å². The van der Waals surface area contributed by atoms with Gasteiger partial charge < -0.3 is 25.0 Å². The fraction of sp³-hybridized carbons (Fsp3) is 0.368. The summed E-state index contributed by atoms with van der Waals surface area (Å²) >= 11 is 0. The quantitative estimate of drug-likeness (QED) is 0.736. The standard InChI is InChI=1S/C19H23NO4/c1-20-11-18-15-7-8-17(21)19(22)16(15)10-14(24-18)9-12-3-5-13(23-2)6-4-12/h3-8,14,18,20-22H,9-11H2,1-2H3. The lowest BCUT2D eigenvalue weighted by molar-refractivity contribution is -0.0240. The molecule has 24 heavy (non-hydrogen) atoms. The molecule has 0 bridgehead atoms. The third-order valence-corrected chi connectivity index (χ3v) is 4.45. The van der Waals surface area contributed by atoms with Crippen LogP contribution in [-0.4, -0.2) is 37.0 Å². The lowest BCUT2D eigenvalue weighted by Gasteiger charge is -2.33. The molecule has 1 heterocycles. The van der Waals surface area contributed by atoms with Gasteiger partial charge in [0.1, 0.15) is 5.75 Å². The summed E-state index contributed by atoms with van der Waals surface area (Å²) in [6, 6.07) is 11.3. The highest BCUT2D eigenvalue weighted by Gasteiger charge is 2.30. The summed E-state index contributed by atoms with van der Waals surface area (Å²) in [6.07, 6.45) is 1.10. The van der Waals surface area contributed by atoms with Crippen LogP contribution in [0, 0.1) is 0 Å². The van der Waals surface area contributed by atoms with Crippen molar-refractivity contribution in [2.45, 2.75) is 25.0 Å². The number of fused-ring (bicyclic) bond motifs is 1. The number of nitrogens with one attached hydrogen (secondary N) is 1. The number of ether oxygens (including phenoxy) is 2. The second-order valence-electron chi connectivity index (χ2n) is 6.06. The van der Waals surface area contributed by atoms with Gasteiger partial charge in [-0.25, -0.2) is 0 Å². The number of rotatable bonds is 5. The Balaban J connectivity index is 1.83. The van der Waals surface area contributed by atoms with Gasteiger partial charge in [0.15, 0.2) is 11.5 Å². The van der Waals surface area contributed by atoms with Gasteiger partial charge in [-0.05, 0) is 42.8 Å². The molecule has 1 aliphatic rings. The monoisotopic (exact) mass is 329 g/mol. The zero-order chi connectivity index (χ0) is 17.1. The molecule has 0 saturated carbocycles. The number of phenolic OH excluding ortho intramolecular Hbond substituents is 2. The van der Waals surface area contributed by atoms with Gasteiger partial charge in [-0.2, -0.15) is 0 Å². The van der Waals surface area contributed by atoms with E-state index in [2.05, 4.69) is 5.32 Å². The molecule has 1 aliphatic heterocycles. The average molecular weight is 329 g/mol. The fourth-order valence-electron chi connectivity index (χ4n) is 3.23. The Labute approximate surface area is 141 Å². The first kappa shape index (κ1) is 16.6. The van der Waals surface area contributed by atoms with E-state index >= 15 is 0 Å². The zero-order valence-electron chi connectivity index (χ0n) is 14.0. The van der Waals surface area contributed by atoms with E-state index in [1.54, 1.807) is 7.11 Å². The third kappa shape index (κ3) is 3.32. The van der Waals surface area contributed by atoms with Crippen LogP contribution in [0.1, 0.15) is 22.8 Å². The van der Waals surface area contributed by atoms with Crippen molar-refractivity contribution in [2.24, 2.45) is 0 Å². The number of methoxy groups -OCH3 is 1. The van der Waals surface area contributed by atoms with Crippen LogP contribution in [-0.2, 0) is 17.6 Å². The molecule has 2 atom stereocenters. The van der Waals surface area contributed by atoms with Crippen molar-refractivity contribution in [2.75, 3.05) is 20.7 Å². The maximum Gasteiger partial charge on any atom is 0.161 e. The average Bonchev–Trinajstić information content (AvgIpc) is 2.59. The number of phenols is 2.